The van der Waals surface area contributed by atoms with Gasteiger partial charge < -0.3 is 10.1 Å². The normalized spacial score (nSPS) is 10.6. The van der Waals surface area contributed by atoms with Crippen molar-refractivity contribution in [3.05, 3.63) is 65.2 Å². The van der Waals surface area contributed by atoms with Crippen molar-refractivity contribution >= 4 is 0 Å². The van der Waals surface area contributed by atoms with Gasteiger partial charge in [-0.1, -0.05) is 48.9 Å². The lowest BCUT2D eigenvalue weighted by Gasteiger charge is -2.08. The highest BCUT2D eigenvalue weighted by Crippen LogP contribution is 2.14. The molecule has 0 spiro atoms. The number of hydrogen-bond donors (Lipinski definition) is 1. The summed E-state index contributed by atoms with van der Waals surface area (Å²) in [5.41, 5.74) is 3.84. The van der Waals surface area contributed by atoms with Gasteiger partial charge in [-0.05, 0) is 56.1 Å². The van der Waals surface area contributed by atoms with Gasteiger partial charge >= 0.3 is 0 Å². The molecule has 0 amide bonds. The molecule has 0 radical (unpaired) electrons. The second kappa shape index (κ2) is 8.48. The van der Waals surface area contributed by atoms with Gasteiger partial charge in [0.15, 0.2) is 0 Å². The van der Waals surface area contributed by atoms with Crippen molar-refractivity contribution in [3.8, 4) is 5.75 Å². The molecule has 112 valence electrons. The molecule has 2 heteroatoms. The van der Waals surface area contributed by atoms with E-state index in [1.165, 1.54) is 23.1 Å². The van der Waals surface area contributed by atoms with E-state index in [2.05, 4.69) is 55.6 Å². The molecule has 2 aromatic carbocycles. The summed E-state index contributed by atoms with van der Waals surface area (Å²) in [6.07, 6.45) is 2.27. The van der Waals surface area contributed by atoms with E-state index in [0.29, 0.717) is 6.61 Å². The summed E-state index contributed by atoms with van der Waals surface area (Å²) in [6.45, 7) is 7.04. The fourth-order valence-electron chi connectivity index (χ4n) is 2.14. The van der Waals surface area contributed by atoms with Crippen LogP contribution in [-0.4, -0.2) is 13.1 Å². The maximum atomic E-state index is 5.79. The van der Waals surface area contributed by atoms with Crippen LogP contribution < -0.4 is 10.1 Å². The van der Waals surface area contributed by atoms with Crippen molar-refractivity contribution in [2.75, 3.05) is 13.1 Å². The molecule has 2 rings (SSSR count). The van der Waals surface area contributed by atoms with Crippen molar-refractivity contribution in [3.63, 3.8) is 0 Å². The lowest BCUT2D eigenvalue weighted by Crippen LogP contribution is -2.17. The molecule has 0 fully saturated rings. The SMILES string of the molecule is CCCNCCc1ccc(COc2ccc(C)cc2)cc1. The summed E-state index contributed by atoms with van der Waals surface area (Å²) < 4.78 is 5.79. The molecule has 0 bridgehead atoms. The molecule has 0 aliphatic heterocycles. The van der Waals surface area contributed by atoms with Gasteiger partial charge in [0.2, 0.25) is 0 Å². The lowest BCUT2D eigenvalue weighted by atomic mass is 10.1. The predicted molar refractivity (Wildman–Crippen MR) is 88.8 cm³/mol. The second-order valence-corrected chi connectivity index (χ2v) is 5.42. The van der Waals surface area contributed by atoms with Gasteiger partial charge in [0.05, 0.1) is 0 Å². The minimum Gasteiger partial charge on any atom is -0.489 e. The first-order valence-corrected chi connectivity index (χ1v) is 7.76. The highest BCUT2D eigenvalue weighted by molar-refractivity contribution is 5.27. The summed E-state index contributed by atoms with van der Waals surface area (Å²) in [5, 5.41) is 3.42. The van der Waals surface area contributed by atoms with Gasteiger partial charge in [0, 0.05) is 0 Å². The Morgan fingerprint density at radius 3 is 2.19 bits per heavy atom. The summed E-state index contributed by atoms with van der Waals surface area (Å²) in [6, 6.07) is 16.9. The van der Waals surface area contributed by atoms with Crippen LogP contribution in [0.3, 0.4) is 0 Å². The van der Waals surface area contributed by atoms with Gasteiger partial charge in [0.1, 0.15) is 12.4 Å². The molecule has 0 unspecified atom stereocenters. The Bertz CT molecular complexity index is 516. The van der Waals surface area contributed by atoms with Crippen molar-refractivity contribution in [2.24, 2.45) is 0 Å². The Morgan fingerprint density at radius 1 is 0.857 bits per heavy atom. The number of rotatable bonds is 8. The van der Waals surface area contributed by atoms with Crippen LogP contribution in [0.25, 0.3) is 0 Å². The lowest BCUT2D eigenvalue weighted by molar-refractivity contribution is 0.306. The molecule has 1 N–H and O–H groups in total. The van der Waals surface area contributed by atoms with Crippen LogP contribution in [0.5, 0.6) is 5.75 Å². The third kappa shape index (κ3) is 5.60. The van der Waals surface area contributed by atoms with E-state index in [-0.39, 0.29) is 0 Å². The van der Waals surface area contributed by atoms with Crippen LogP contribution in [0.4, 0.5) is 0 Å². The molecule has 0 saturated heterocycles. The minimum absolute atomic E-state index is 0.622. The highest BCUT2D eigenvalue weighted by Gasteiger charge is 1.97. The molecule has 2 nitrogen and oxygen atoms in total. The maximum Gasteiger partial charge on any atom is 0.119 e. The molecule has 2 aromatic rings. The Hall–Kier alpha value is -1.80. The third-order valence-corrected chi connectivity index (χ3v) is 3.47. The first-order valence-electron chi connectivity index (χ1n) is 7.76. The molecule has 0 aromatic heterocycles. The molecular weight excluding hydrogens is 258 g/mol. The first kappa shape index (κ1) is 15.6. The maximum absolute atomic E-state index is 5.79. The van der Waals surface area contributed by atoms with Crippen LogP contribution in [0.2, 0.25) is 0 Å². The van der Waals surface area contributed by atoms with E-state index in [9.17, 15) is 0 Å². The number of hydrogen-bond acceptors (Lipinski definition) is 2. The van der Waals surface area contributed by atoms with E-state index in [0.717, 1.165) is 25.3 Å². The van der Waals surface area contributed by atoms with Gasteiger partial charge in [-0.2, -0.15) is 0 Å². The predicted octanol–water partition coefficient (Wildman–Crippen LogP) is 4.12. The highest BCUT2D eigenvalue weighted by atomic mass is 16.5. The van der Waals surface area contributed by atoms with Crippen molar-refractivity contribution < 1.29 is 4.74 Å². The number of nitrogens with one attached hydrogen (secondary N) is 1. The van der Waals surface area contributed by atoms with Crippen LogP contribution in [0, 0.1) is 6.92 Å². The molecule has 0 atom stereocenters. The zero-order valence-electron chi connectivity index (χ0n) is 13.1. The Kier molecular flexibility index (Phi) is 6.29. The summed E-state index contributed by atoms with van der Waals surface area (Å²) in [7, 11) is 0. The number of ether oxygens (including phenoxy) is 1. The molecular formula is C19H25NO. The first-order chi connectivity index (χ1) is 10.3. The molecule has 21 heavy (non-hydrogen) atoms. The van der Waals surface area contributed by atoms with E-state index < -0.39 is 0 Å². The average molecular weight is 283 g/mol. The van der Waals surface area contributed by atoms with Crippen LogP contribution in [0.15, 0.2) is 48.5 Å². The molecule has 0 aliphatic carbocycles. The zero-order valence-corrected chi connectivity index (χ0v) is 13.1. The monoisotopic (exact) mass is 283 g/mol. The van der Waals surface area contributed by atoms with Crippen molar-refractivity contribution in [1.29, 1.82) is 0 Å². The standard InChI is InChI=1S/C19H25NO/c1-3-13-20-14-12-17-6-8-18(9-7-17)15-21-19-10-4-16(2)5-11-19/h4-11,20H,3,12-15H2,1-2H3. The van der Waals surface area contributed by atoms with Crippen LogP contribution in [-0.2, 0) is 13.0 Å². The summed E-state index contributed by atoms with van der Waals surface area (Å²) >= 11 is 0. The average Bonchev–Trinajstić information content (AvgIpc) is 2.52. The van der Waals surface area contributed by atoms with Crippen molar-refractivity contribution in [1.82, 2.24) is 5.32 Å². The zero-order chi connectivity index (χ0) is 14.9. The van der Waals surface area contributed by atoms with E-state index >= 15 is 0 Å². The summed E-state index contributed by atoms with van der Waals surface area (Å²) in [5.74, 6) is 0.924. The van der Waals surface area contributed by atoms with Gasteiger partial charge in [-0.25, -0.2) is 0 Å². The van der Waals surface area contributed by atoms with E-state index in [1.54, 1.807) is 0 Å². The summed E-state index contributed by atoms with van der Waals surface area (Å²) in [4.78, 5) is 0. The molecule has 0 saturated carbocycles. The number of benzene rings is 2. The smallest absolute Gasteiger partial charge is 0.119 e. The molecule has 0 heterocycles. The quantitative estimate of drug-likeness (QED) is 0.736. The van der Waals surface area contributed by atoms with Crippen molar-refractivity contribution in [2.45, 2.75) is 33.3 Å². The van der Waals surface area contributed by atoms with E-state index in [1.807, 2.05) is 12.1 Å². The fourth-order valence-corrected chi connectivity index (χ4v) is 2.14. The Labute approximate surface area is 128 Å². The van der Waals surface area contributed by atoms with Crippen LogP contribution in [0.1, 0.15) is 30.0 Å². The fraction of sp³-hybridized carbons (Fsp3) is 0.368. The van der Waals surface area contributed by atoms with Crippen LogP contribution >= 0.6 is 0 Å². The van der Waals surface area contributed by atoms with E-state index in [4.69, 9.17) is 4.74 Å². The molecule has 0 aliphatic rings. The van der Waals surface area contributed by atoms with Gasteiger partial charge in [-0.15, -0.1) is 0 Å². The van der Waals surface area contributed by atoms with Gasteiger partial charge in [0.25, 0.3) is 0 Å². The third-order valence-electron chi connectivity index (χ3n) is 3.47. The van der Waals surface area contributed by atoms with Gasteiger partial charge in [-0.3, -0.25) is 0 Å². The second-order valence-electron chi connectivity index (χ2n) is 5.42. The number of aryl methyl sites for hydroxylation is 1. The largest absolute Gasteiger partial charge is 0.489 e. The minimum atomic E-state index is 0.622. The Morgan fingerprint density at radius 2 is 1.52 bits per heavy atom. The Balaban J connectivity index is 1.78. The topological polar surface area (TPSA) is 21.3 Å².